The van der Waals surface area contributed by atoms with E-state index in [1.54, 1.807) is 0 Å². The first-order valence-electron chi connectivity index (χ1n) is 6.87. The van der Waals surface area contributed by atoms with Gasteiger partial charge in [-0.25, -0.2) is 13.2 Å². The predicted octanol–water partition coefficient (Wildman–Crippen LogP) is 5.64. The summed E-state index contributed by atoms with van der Waals surface area (Å²) in [6.45, 7) is -1.73. The summed E-state index contributed by atoms with van der Waals surface area (Å²) < 4.78 is 126. The molecule has 0 amide bonds. The average Bonchev–Trinajstić information content (AvgIpc) is 2.49. The molecule has 0 radical (unpaired) electrons. The summed E-state index contributed by atoms with van der Waals surface area (Å²) >= 11 is 0. The topological polar surface area (TPSA) is 9.23 Å². The van der Waals surface area contributed by atoms with Crippen LogP contribution in [-0.2, 0) is 16.9 Å². The first kappa shape index (κ1) is 20.1. The SMILES string of the molecule is Fc1ccccc1C(OCc1c(F)cccc1F)(C(F)(F)F)C(F)(F)F. The summed E-state index contributed by atoms with van der Waals surface area (Å²) in [5.41, 5.74) is -8.13. The molecule has 10 heteroatoms. The van der Waals surface area contributed by atoms with E-state index in [1.165, 1.54) is 0 Å². The third-order valence-electron chi connectivity index (χ3n) is 3.55. The van der Waals surface area contributed by atoms with E-state index >= 15 is 0 Å². The Hall–Kier alpha value is -2.23. The fraction of sp³-hybridized carbons (Fsp3) is 0.250. The lowest BCUT2D eigenvalue weighted by molar-refractivity contribution is -0.393. The van der Waals surface area contributed by atoms with Gasteiger partial charge in [0.1, 0.15) is 17.5 Å². The van der Waals surface area contributed by atoms with Gasteiger partial charge < -0.3 is 4.74 Å². The molecule has 0 spiro atoms. The molecule has 0 saturated heterocycles. The van der Waals surface area contributed by atoms with Crippen molar-refractivity contribution in [1.29, 1.82) is 0 Å². The van der Waals surface area contributed by atoms with E-state index in [9.17, 15) is 39.5 Å². The molecule has 0 aliphatic rings. The van der Waals surface area contributed by atoms with Crippen molar-refractivity contribution < 1.29 is 44.3 Å². The van der Waals surface area contributed by atoms with E-state index in [2.05, 4.69) is 4.74 Å². The van der Waals surface area contributed by atoms with Gasteiger partial charge in [-0.1, -0.05) is 24.3 Å². The molecule has 0 fully saturated rings. The molecule has 26 heavy (non-hydrogen) atoms. The molecule has 2 aromatic rings. The van der Waals surface area contributed by atoms with Crippen LogP contribution in [0, 0.1) is 17.5 Å². The smallest absolute Gasteiger partial charge is 0.349 e. The summed E-state index contributed by atoms with van der Waals surface area (Å²) in [5.74, 6) is -4.65. The second-order valence-electron chi connectivity index (χ2n) is 5.15. The van der Waals surface area contributed by atoms with Gasteiger partial charge >= 0.3 is 12.4 Å². The van der Waals surface area contributed by atoms with Gasteiger partial charge in [0.15, 0.2) is 0 Å². The second kappa shape index (κ2) is 6.82. The molecule has 0 aliphatic heterocycles. The molecule has 0 unspecified atom stereocenters. The van der Waals surface area contributed by atoms with Crippen molar-refractivity contribution in [3.05, 3.63) is 71.0 Å². The van der Waals surface area contributed by atoms with Crippen molar-refractivity contribution in [3.63, 3.8) is 0 Å². The highest BCUT2D eigenvalue weighted by molar-refractivity contribution is 5.29. The number of alkyl halides is 6. The van der Waals surface area contributed by atoms with Crippen LogP contribution < -0.4 is 0 Å². The summed E-state index contributed by atoms with van der Waals surface area (Å²) in [4.78, 5) is 0. The maximum absolute atomic E-state index is 13.8. The molecule has 0 saturated carbocycles. The van der Waals surface area contributed by atoms with Crippen molar-refractivity contribution in [2.24, 2.45) is 0 Å². The maximum Gasteiger partial charge on any atom is 0.430 e. The Morgan fingerprint density at radius 2 is 1.12 bits per heavy atom. The van der Waals surface area contributed by atoms with Crippen molar-refractivity contribution in [2.75, 3.05) is 0 Å². The summed E-state index contributed by atoms with van der Waals surface area (Å²) in [6, 6.07) is 4.39. The van der Waals surface area contributed by atoms with E-state index in [0.717, 1.165) is 18.2 Å². The van der Waals surface area contributed by atoms with Crippen molar-refractivity contribution >= 4 is 0 Å². The Balaban J connectivity index is 2.63. The van der Waals surface area contributed by atoms with Crippen LogP contribution in [0.1, 0.15) is 11.1 Å². The molecule has 0 heterocycles. The summed E-state index contributed by atoms with van der Waals surface area (Å²) in [5, 5.41) is 0. The highest BCUT2D eigenvalue weighted by atomic mass is 19.4. The van der Waals surface area contributed by atoms with Gasteiger partial charge in [0, 0.05) is 11.1 Å². The quantitative estimate of drug-likeness (QED) is 0.616. The Labute approximate surface area is 141 Å². The lowest BCUT2D eigenvalue weighted by atomic mass is 9.91. The Kier molecular flexibility index (Phi) is 5.27. The maximum atomic E-state index is 13.8. The average molecular weight is 388 g/mol. The van der Waals surface area contributed by atoms with Gasteiger partial charge in [0.05, 0.1) is 6.61 Å². The standard InChI is InChI=1S/C16H9F9O/c17-11-6-3-7-12(18)9(11)8-26-14(15(20,21)22,16(23,24)25)10-4-1-2-5-13(10)19/h1-7H,8H2. The number of hydrogen-bond acceptors (Lipinski definition) is 1. The first-order valence-corrected chi connectivity index (χ1v) is 6.87. The highest BCUT2D eigenvalue weighted by Gasteiger charge is 2.74. The zero-order chi connectivity index (χ0) is 19.8. The van der Waals surface area contributed by atoms with Gasteiger partial charge in [0.2, 0.25) is 0 Å². The zero-order valence-electron chi connectivity index (χ0n) is 12.6. The molecular formula is C16H9F9O. The minimum atomic E-state index is -6.17. The molecule has 0 aromatic heterocycles. The lowest BCUT2D eigenvalue weighted by Crippen LogP contribution is -2.56. The fourth-order valence-electron chi connectivity index (χ4n) is 2.30. The molecule has 0 atom stereocenters. The molecule has 142 valence electrons. The van der Waals surface area contributed by atoms with Crippen molar-refractivity contribution in [1.82, 2.24) is 0 Å². The van der Waals surface area contributed by atoms with Crippen LogP contribution in [0.4, 0.5) is 39.5 Å². The van der Waals surface area contributed by atoms with E-state index in [1.807, 2.05) is 0 Å². The number of benzene rings is 2. The van der Waals surface area contributed by atoms with Gasteiger partial charge in [0.25, 0.3) is 5.60 Å². The summed E-state index contributed by atoms with van der Waals surface area (Å²) in [7, 11) is 0. The van der Waals surface area contributed by atoms with Gasteiger partial charge in [-0.05, 0) is 18.2 Å². The minimum Gasteiger partial charge on any atom is -0.349 e. The molecule has 0 aliphatic carbocycles. The number of halogens is 9. The van der Waals surface area contributed by atoms with Crippen LogP contribution in [0.2, 0.25) is 0 Å². The Morgan fingerprint density at radius 3 is 1.58 bits per heavy atom. The summed E-state index contributed by atoms with van der Waals surface area (Å²) in [6.07, 6.45) is -12.3. The van der Waals surface area contributed by atoms with E-state index < -0.39 is 53.1 Å². The van der Waals surface area contributed by atoms with Gasteiger partial charge in [-0.15, -0.1) is 0 Å². The van der Waals surface area contributed by atoms with Crippen LogP contribution in [0.3, 0.4) is 0 Å². The van der Waals surface area contributed by atoms with Crippen LogP contribution in [0.5, 0.6) is 0 Å². The van der Waals surface area contributed by atoms with E-state index in [4.69, 9.17) is 0 Å². The van der Waals surface area contributed by atoms with Crippen LogP contribution >= 0.6 is 0 Å². The molecular weight excluding hydrogens is 379 g/mol. The molecule has 2 aromatic carbocycles. The lowest BCUT2D eigenvalue weighted by Gasteiger charge is -2.37. The highest BCUT2D eigenvalue weighted by Crippen LogP contribution is 2.53. The van der Waals surface area contributed by atoms with Crippen molar-refractivity contribution in [3.8, 4) is 0 Å². The third kappa shape index (κ3) is 3.37. The first-order chi connectivity index (χ1) is 11.9. The number of rotatable bonds is 4. The second-order valence-corrected chi connectivity index (χ2v) is 5.15. The normalized spacial score (nSPS) is 13.1. The van der Waals surface area contributed by atoms with Crippen molar-refractivity contribution in [2.45, 2.75) is 24.6 Å². The molecule has 1 nitrogen and oxygen atoms in total. The number of ether oxygens (including phenoxy) is 1. The van der Waals surface area contributed by atoms with Crippen LogP contribution in [0.25, 0.3) is 0 Å². The minimum absolute atomic E-state index is 0.244. The fourth-order valence-corrected chi connectivity index (χ4v) is 2.30. The largest absolute Gasteiger partial charge is 0.430 e. The zero-order valence-corrected chi connectivity index (χ0v) is 12.6. The van der Waals surface area contributed by atoms with E-state index in [0.29, 0.717) is 18.2 Å². The Bertz CT molecular complexity index is 746. The van der Waals surface area contributed by atoms with Crippen LogP contribution in [0.15, 0.2) is 42.5 Å². The van der Waals surface area contributed by atoms with Gasteiger partial charge in [-0.2, -0.15) is 26.3 Å². The van der Waals surface area contributed by atoms with E-state index in [-0.39, 0.29) is 6.07 Å². The molecule has 0 N–H and O–H groups in total. The molecule has 2 rings (SSSR count). The molecule has 0 bridgehead atoms. The van der Waals surface area contributed by atoms with Gasteiger partial charge in [-0.3, -0.25) is 0 Å². The monoisotopic (exact) mass is 388 g/mol. The Morgan fingerprint density at radius 1 is 0.654 bits per heavy atom. The third-order valence-corrected chi connectivity index (χ3v) is 3.55. The number of hydrogen-bond donors (Lipinski definition) is 0. The predicted molar refractivity (Wildman–Crippen MR) is 71.3 cm³/mol. The van der Waals surface area contributed by atoms with Crippen LogP contribution in [-0.4, -0.2) is 12.4 Å².